The summed E-state index contributed by atoms with van der Waals surface area (Å²) < 4.78 is 0. The van der Waals surface area contributed by atoms with Crippen molar-refractivity contribution in [3.63, 3.8) is 0 Å². The molecule has 0 saturated carbocycles. The first kappa shape index (κ1) is 18.0. The second-order valence-corrected chi connectivity index (χ2v) is 8.28. The zero-order chi connectivity index (χ0) is 17.4. The molecular weight excluding hydrogens is 296 g/mol. The molecule has 0 aromatic heterocycles. The molecule has 6 heteroatoms. The third-order valence-corrected chi connectivity index (χ3v) is 5.74. The largest absolute Gasteiger partial charge is 0.481 e. The van der Waals surface area contributed by atoms with Crippen molar-refractivity contribution in [3.8, 4) is 0 Å². The SMILES string of the molecule is CC1(C)CCCC(C)(C)N1CC1CC(C(=O)O)CCN1C(=O)O. The van der Waals surface area contributed by atoms with Crippen LogP contribution in [-0.2, 0) is 4.79 Å². The van der Waals surface area contributed by atoms with Crippen LogP contribution in [0.3, 0.4) is 0 Å². The minimum Gasteiger partial charge on any atom is -0.481 e. The van der Waals surface area contributed by atoms with Gasteiger partial charge in [0.25, 0.3) is 0 Å². The van der Waals surface area contributed by atoms with Crippen molar-refractivity contribution < 1.29 is 19.8 Å². The van der Waals surface area contributed by atoms with Crippen molar-refractivity contribution in [2.45, 2.75) is 76.9 Å². The smallest absolute Gasteiger partial charge is 0.407 e. The average molecular weight is 326 g/mol. The number of hydrogen-bond donors (Lipinski definition) is 2. The summed E-state index contributed by atoms with van der Waals surface area (Å²) in [6.45, 7) is 9.74. The van der Waals surface area contributed by atoms with Crippen LogP contribution in [0.25, 0.3) is 0 Å². The highest BCUT2D eigenvalue weighted by atomic mass is 16.4. The van der Waals surface area contributed by atoms with Crippen LogP contribution in [0.15, 0.2) is 0 Å². The summed E-state index contributed by atoms with van der Waals surface area (Å²) in [5.74, 6) is -1.25. The van der Waals surface area contributed by atoms with Gasteiger partial charge in [-0.05, 0) is 59.8 Å². The summed E-state index contributed by atoms with van der Waals surface area (Å²) in [6, 6.07) is -0.251. The number of piperidine rings is 2. The van der Waals surface area contributed by atoms with Crippen molar-refractivity contribution in [2.75, 3.05) is 13.1 Å². The maximum atomic E-state index is 11.6. The molecule has 2 rings (SSSR count). The van der Waals surface area contributed by atoms with Crippen LogP contribution in [0.1, 0.15) is 59.8 Å². The highest BCUT2D eigenvalue weighted by Gasteiger charge is 2.44. The molecule has 2 heterocycles. The summed E-state index contributed by atoms with van der Waals surface area (Å²) in [6.07, 6.45) is 3.21. The van der Waals surface area contributed by atoms with Crippen LogP contribution in [0, 0.1) is 5.92 Å². The third kappa shape index (κ3) is 3.79. The van der Waals surface area contributed by atoms with E-state index in [9.17, 15) is 19.8 Å². The Hall–Kier alpha value is -1.30. The van der Waals surface area contributed by atoms with Crippen LogP contribution in [-0.4, -0.2) is 62.3 Å². The summed E-state index contributed by atoms with van der Waals surface area (Å²) in [7, 11) is 0. The molecule has 0 bridgehead atoms. The van der Waals surface area contributed by atoms with Crippen LogP contribution in [0.5, 0.6) is 0 Å². The second kappa shape index (κ2) is 6.30. The number of hydrogen-bond acceptors (Lipinski definition) is 3. The fraction of sp³-hybridized carbons (Fsp3) is 0.882. The van der Waals surface area contributed by atoms with E-state index >= 15 is 0 Å². The molecule has 0 radical (unpaired) electrons. The standard InChI is InChI=1S/C17H30N2O4/c1-16(2)7-5-8-17(3,4)19(16)11-13-10-12(14(20)21)6-9-18(13)15(22)23/h12-13H,5-11H2,1-4H3,(H,20,21)(H,22,23). The summed E-state index contributed by atoms with van der Waals surface area (Å²) in [5, 5.41) is 18.8. The van der Waals surface area contributed by atoms with Gasteiger partial charge in [-0.15, -0.1) is 0 Å². The zero-order valence-corrected chi connectivity index (χ0v) is 14.7. The Bertz CT molecular complexity index is 459. The van der Waals surface area contributed by atoms with Crippen molar-refractivity contribution in [1.82, 2.24) is 9.80 Å². The molecule has 2 unspecified atom stereocenters. The Morgan fingerprint density at radius 2 is 1.65 bits per heavy atom. The lowest BCUT2D eigenvalue weighted by molar-refractivity contribution is -0.144. The van der Waals surface area contributed by atoms with Gasteiger partial charge >= 0.3 is 12.1 Å². The lowest BCUT2D eigenvalue weighted by Gasteiger charge is -2.55. The monoisotopic (exact) mass is 326 g/mol. The maximum Gasteiger partial charge on any atom is 0.407 e. The number of carboxylic acid groups (broad SMARTS) is 2. The van der Waals surface area contributed by atoms with Gasteiger partial charge in [-0.3, -0.25) is 9.69 Å². The Kier molecular flexibility index (Phi) is 4.95. The molecule has 0 aliphatic carbocycles. The van der Waals surface area contributed by atoms with Crippen molar-refractivity contribution in [2.24, 2.45) is 5.92 Å². The van der Waals surface area contributed by atoms with Crippen LogP contribution < -0.4 is 0 Å². The molecular formula is C17H30N2O4. The van der Waals surface area contributed by atoms with E-state index in [1.807, 2.05) is 0 Å². The molecule has 0 spiro atoms. The number of carboxylic acids is 1. The number of rotatable bonds is 3. The van der Waals surface area contributed by atoms with Crippen LogP contribution in [0.2, 0.25) is 0 Å². The number of carbonyl (C=O) groups is 2. The van der Waals surface area contributed by atoms with Gasteiger partial charge in [-0.1, -0.05) is 0 Å². The Labute approximate surface area is 138 Å². The first-order chi connectivity index (χ1) is 10.5. The molecule has 2 aliphatic rings. The minimum atomic E-state index is -0.938. The van der Waals surface area contributed by atoms with E-state index in [1.54, 1.807) is 0 Å². The molecule has 2 saturated heterocycles. The molecule has 23 heavy (non-hydrogen) atoms. The number of amides is 1. The van der Waals surface area contributed by atoms with E-state index in [4.69, 9.17) is 0 Å². The van der Waals surface area contributed by atoms with Crippen molar-refractivity contribution in [1.29, 1.82) is 0 Å². The highest BCUT2D eigenvalue weighted by molar-refractivity contribution is 5.71. The van der Waals surface area contributed by atoms with Gasteiger partial charge in [0.1, 0.15) is 0 Å². The summed E-state index contributed by atoms with van der Waals surface area (Å²) in [4.78, 5) is 26.8. The number of aliphatic carboxylic acids is 1. The van der Waals surface area contributed by atoms with E-state index in [0.29, 0.717) is 25.9 Å². The highest BCUT2D eigenvalue weighted by Crippen LogP contribution is 2.39. The molecule has 1 amide bonds. The van der Waals surface area contributed by atoms with Gasteiger partial charge in [0.2, 0.25) is 0 Å². The van der Waals surface area contributed by atoms with E-state index in [2.05, 4.69) is 32.6 Å². The lowest BCUT2D eigenvalue weighted by Crippen LogP contribution is -2.63. The summed E-state index contributed by atoms with van der Waals surface area (Å²) >= 11 is 0. The van der Waals surface area contributed by atoms with E-state index in [1.165, 1.54) is 11.3 Å². The predicted molar refractivity (Wildman–Crippen MR) is 87.6 cm³/mol. The molecule has 2 atom stereocenters. The molecule has 2 N–H and O–H groups in total. The molecule has 6 nitrogen and oxygen atoms in total. The van der Waals surface area contributed by atoms with Crippen molar-refractivity contribution in [3.05, 3.63) is 0 Å². The molecule has 0 aromatic carbocycles. The van der Waals surface area contributed by atoms with Gasteiger partial charge in [0, 0.05) is 30.2 Å². The normalized spacial score (nSPS) is 30.9. The topological polar surface area (TPSA) is 81.1 Å². The van der Waals surface area contributed by atoms with E-state index in [0.717, 1.165) is 12.8 Å². The van der Waals surface area contributed by atoms with Gasteiger partial charge < -0.3 is 15.1 Å². The average Bonchev–Trinajstić information content (AvgIpc) is 2.42. The zero-order valence-electron chi connectivity index (χ0n) is 14.7. The predicted octanol–water partition coefficient (Wildman–Crippen LogP) is 2.87. The van der Waals surface area contributed by atoms with E-state index in [-0.39, 0.29) is 17.1 Å². The molecule has 2 fully saturated rings. The summed E-state index contributed by atoms with van der Waals surface area (Å²) in [5.41, 5.74) is 0.00415. The van der Waals surface area contributed by atoms with E-state index < -0.39 is 18.0 Å². The minimum absolute atomic E-state index is 0.00207. The van der Waals surface area contributed by atoms with Gasteiger partial charge in [-0.2, -0.15) is 0 Å². The van der Waals surface area contributed by atoms with Gasteiger partial charge in [0.05, 0.1) is 5.92 Å². The first-order valence-electron chi connectivity index (χ1n) is 8.55. The lowest BCUT2D eigenvalue weighted by atomic mass is 9.78. The molecule has 132 valence electrons. The molecule has 2 aliphatic heterocycles. The second-order valence-electron chi connectivity index (χ2n) is 8.28. The van der Waals surface area contributed by atoms with Crippen LogP contribution >= 0.6 is 0 Å². The molecule has 0 aromatic rings. The van der Waals surface area contributed by atoms with Crippen molar-refractivity contribution >= 4 is 12.1 Å². The number of nitrogens with zero attached hydrogens (tertiary/aromatic N) is 2. The quantitative estimate of drug-likeness (QED) is 0.833. The van der Waals surface area contributed by atoms with Gasteiger partial charge in [-0.25, -0.2) is 4.79 Å². The van der Waals surface area contributed by atoms with Crippen LogP contribution in [0.4, 0.5) is 4.79 Å². The Morgan fingerprint density at radius 1 is 1.09 bits per heavy atom. The maximum absolute atomic E-state index is 11.6. The van der Waals surface area contributed by atoms with Gasteiger partial charge in [0.15, 0.2) is 0 Å². The Balaban J connectivity index is 2.21. The third-order valence-electron chi connectivity index (χ3n) is 5.74. The fourth-order valence-electron chi connectivity index (χ4n) is 4.45. The fourth-order valence-corrected chi connectivity index (χ4v) is 4.45. The Morgan fingerprint density at radius 3 is 2.13 bits per heavy atom. The first-order valence-corrected chi connectivity index (χ1v) is 8.55. The number of likely N-dealkylation sites (tertiary alicyclic amines) is 2.